The minimum Gasteiger partial charge on any atom is -0.390 e. The van der Waals surface area contributed by atoms with Gasteiger partial charge in [-0.1, -0.05) is 5.16 Å². The Morgan fingerprint density at radius 1 is 1.64 bits per heavy atom. The van der Waals surface area contributed by atoms with Crippen LogP contribution in [0.2, 0.25) is 0 Å². The van der Waals surface area contributed by atoms with E-state index in [2.05, 4.69) is 5.16 Å². The summed E-state index contributed by atoms with van der Waals surface area (Å²) in [7, 11) is 0. The van der Waals surface area contributed by atoms with Gasteiger partial charge < -0.3 is 19.8 Å². The lowest BCUT2D eigenvalue weighted by Gasteiger charge is -2.08. The van der Waals surface area contributed by atoms with Gasteiger partial charge in [-0.3, -0.25) is 0 Å². The van der Waals surface area contributed by atoms with Crippen molar-refractivity contribution in [3.63, 3.8) is 0 Å². The molecular weight excluding hydrogens is 150 g/mol. The molecule has 2 rings (SSSR count). The number of ether oxygens (including phenoxy) is 1. The molecule has 5 heteroatoms. The van der Waals surface area contributed by atoms with E-state index >= 15 is 0 Å². The maximum absolute atomic E-state index is 9.21. The smallest absolute Gasteiger partial charge is 0.166 e. The van der Waals surface area contributed by atoms with Crippen LogP contribution in [0.15, 0.2) is 5.16 Å². The van der Waals surface area contributed by atoms with Crippen molar-refractivity contribution in [2.24, 2.45) is 11.1 Å². The fourth-order valence-corrected chi connectivity index (χ4v) is 1.39. The van der Waals surface area contributed by atoms with Gasteiger partial charge in [0.15, 0.2) is 12.4 Å². The van der Waals surface area contributed by atoms with Crippen LogP contribution in [0.5, 0.6) is 0 Å². The first kappa shape index (κ1) is 7.02. The molecule has 0 radical (unpaired) electrons. The fraction of sp³-hybridized carbons (Fsp3) is 0.833. The van der Waals surface area contributed by atoms with E-state index in [1.54, 1.807) is 0 Å². The highest BCUT2D eigenvalue weighted by Gasteiger charge is 2.45. The molecule has 5 nitrogen and oxygen atoms in total. The van der Waals surface area contributed by atoms with E-state index in [9.17, 15) is 5.11 Å². The lowest BCUT2D eigenvalue weighted by molar-refractivity contribution is -0.0716. The molecule has 0 spiro atoms. The highest BCUT2D eigenvalue weighted by molar-refractivity contribution is 5.89. The van der Waals surface area contributed by atoms with Crippen LogP contribution in [0.4, 0.5) is 0 Å². The molecule has 2 aliphatic heterocycles. The average Bonchev–Trinajstić information content (AvgIpc) is 2.54. The zero-order chi connectivity index (χ0) is 7.84. The van der Waals surface area contributed by atoms with Crippen molar-refractivity contribution in [3.8, 4) is 0 Å². The molecule has 0 amide bonds. The topological polar surface area (TPSA) is 71.3 Å². The lowest BCUT2D eigenvalue weighted by Crippen LogP contribution is -2.29. The lowest BCUT2D eigenvalue weighted by atomic mass is 10.0. The van der Waals surface area contributed by atoms with Gasteiger partial charge in [0.25, 0.3) is 0 Å². The van der Waals surface area contributed by atoms with E-state index in [-0.39, 0.29) is 18.6 Å². The minimum absolute atomic E-state index is 0.179. The predicted molar refractivity (Wildman–Crippen MR) is 34.8 cm³/mol. The van der Waals surface area contributed by atoms with Gasteiger partial charge in [0.05, 0.1) is 24.8 Å². The maximum Gasteiger partial charge on any atom is 0.166 e. The third-order valence-corrected chi connectivity index (χ3v) is 1.99. The Kier molecular flexibility index (Phi) is 1.56. The summed E-state index contributed by atoms with van der Waals surface area (Å²) in [5, 5.41) is 21.6. The van der Waals surface area contributed by atoms with Gasteiger partial charge in [0.1, 0.15) is 0 Å². The van der Waals surface area contributed by atoms with Crippen molar-refractivity contribution >= 4 is 5.71 Å². The summed E-state index contributed by atoms with van der Waals surface area (Å²) in [5.41, 5.74) is 0.472. The van der Waals surface area contributed by atoms with Crippen LogP contribution in [0.1, 0.15) is 0 Å². The van der Waals surface area contributed by atoms with E-state index in [0.29, 0.717) is 12.3 Å². The first-order chi connectivity index (χ1) is 5.33. The van der Waals surface area contributed by atoms with Gasteiger partial charge >= 0.3 is 0 Å². The molecule has 0 aromatic rings. The summed E-state index contributed by atoms with van der Waals surface area (Å²) in [4.78, 5) is 4.89. The molecule has 2 heterocycles. The van der Waals surface area contributed by atoms with Gasteiger partial charge in [0.2, 0.25) is 0 Å². The summed E-state index contributed by atoms with van der Waals surface area (Å²) in [6.45, 7) is 0.167. The van der Waals surface area contributed by atoms with Crippen LogP contribution in [-0.2, 0) is 9.57 Å². The number of aliphatic hydroxyl groups excluding tert-OH is 2. The van der Waals surface area contributed by atoms with Crippen molar-refractivity contribution < 1.29 is 19.8 Å². The zero-order valence-corrected chi connectivity index (χ0v) is 5.80. The SMILES string of the molecule is OCC1=NO[C@@H]2COC(O)[C@H]12. The van der Waals surface area contributed by atoms with Crippen molar-refractivity contribution in [1.82, 2.24) is 0 Å². The Morgan fingerprint density at radius 2 is 2.45 bits per heavy atom. The molecule has 0 aromatic heterocycles. The van der Waals surface area contributed by atoms with E-state index in [1.165, 1.54) is 0 Å². The highest BCUT2D eigenvalue weighted by Crippen LogP contribution is 2.28. The molecule has 11 heavy (non-hydrogen) atoms. The van der Waals surface area contributed by atoms with Crippen molar-refractivity contribution in [3.05, 3.63) is 0 Å². The monoisotopic (exact) mass is 159 g/mol. The van der Waals surface area contributed by atoms with Crippen LogP contribution in [-0.4, -0.2) is 41.5 Å². The second-order valence-electron chi connectivity index (χ2n) is 2.63. The molecule has 1 saturated heterocycles. The second kappa shape index (κ2) is 2.44. The number of fused-ring (bicyclic) bond motifs is 1. The number of rotatable bonds is 1. The molecule has 0 bridgehead atoms. The van der Waals surface area contributed by atoms with Crippen molar-refractivity contribution in [2.45, 2.75) is 12.4 Å². The largest absolute Gasteiger partial charge is 0.390 e. The second-order valence-corrected chi connectivity index (χ2v) is 2.63. The molecule has 0 saturated carbocycles. The molecule has 2 N–H and O–H groups in total. The van der Waals surface area contributed by atoms with Crippen LogP contribution < -0.4 is 0 Å². The molecule has 2 aliphatic rings. The Hall–Kier alpha value is -0.650. The first-order valence-corrected chi connectivity index (χ1v) is 3.46. The molecular formula is C6H9NO4. The third-order valence-electron chi connectivity index (χ3n) is 1.99. The fourth-order valence-electron chi connectivity index (χ4n) is 1.39. The summed E-state index contributed by atoms with van der Waals surface area (Å²) in [6.07, 6.45) is -1.07. The number of hydrogen-bond acceptors (Lipinski definition) is 5. The van der Waals surface area contributed by atoms with Crippen molar-refractivity contribution in [1.29, 1.82) is 0 Å². The maximum atomic E-state index is 9.21. The quantitative estimate of drug-likeness (QED) is 0.498. The van der Waals surface area contributed by atoms with Gasteiger partial charge in [-0.25, -0.2) is 0 Å². The standard InChI is InChI=1S/C6H9NO4/c8-1-3-5-4(11-7-3)2-10-6(5)9/h4-6,8-9H,1-2H2/t4-,5-,6?/m1/s1. The average molecular weight is 159 g/mol. The molecule has 1 fully saturated rings. The van der Waals surface area contributed by atoms with Gasteiger partial charge in [-0.05, 0) is 0 Å². The van der Waals surface area contributed by atoms with Crippen LogP contribution >= 0.6 is 0 Å². The Balaban J connectivity index is 2.15. The van der Waals surface area contributed by atoms with E-state index in [4.69, 9.17) is 14.7 Å². The highest BCUT2D eigenvalue weighted by atomic mass is 16.7. The van der Waals surface area contributed by atoms with Crippen LogP contribution in [0, 0.1) is 5.92 Å². The number of oxime groups is 1. The summed E-state index contributed by atoms with van der Waals surface area (Å²) in [5.74, 6) is -0.264. The molecule has 62 valence electrons. The van der Waals surface area contributed by atoms with Gasteiger partial charge in [-0.2, -0.15) is 0 Å². The molecule has 3 atom stereocenters. The van der Waals surface area contributed by atoms with Gasteiger partial charge in [0, 0.05) is 0 Å². The van der Waals surface area contributed by atoms with Crippen molar-refractivity contribution in [2.75, 3.05) is 13.2 Å². The Bertz CT molecular complexity index is 193. The summed E-state index contributed by atoms with van der Waals surface area (Å²) < 4.78 is 4.89. The predicted octanol–water partition coefficient (Wildman–Crippen LogP) is -1.30. The van der Waals surface area contributed by atoms with E-state index in [0.717, 1.165) is 0 Å². The summed E-state index contributed by atoms with van der Waals surface area (Å²) in [6, 6.07) is 0. The molecule has 0 aromatic carbocycles. The number of hydrogen-bond donors (Lipinski definition) is 2. The molecule has 1 unspecified atom stereocenters. The Labute approximate surface area is 63.2 Å². The summed E-state index contributed by atoms with van der Waals surface area (Å²) >= 11 is 0. The van der Waals surface area contributed by atoms with Gasteiger partial charge in [-0.15, -0.1) is 0 Å². The van der Waals surface area contributed by atoms with Crippen LogP contribution in [0.3, 0.4) is 0 Å². The number of nitrogens with zero attached hydrogens (tertiary/aromatic N) is 1. The molecule has 0 aliphatic carbocycles. The van der Waals surface area contributed by atoms with E-state index in [1.807, 2.05) is 0 Å². The van der Waals surface area contributed by atoms with E-state index < -0.39 is 6.29 Å². The normalized spacial score (nSPS) is 41.6. The first-order valence-electron chi connectivity index (χ1n) is 3.46. The zero-order valence-electron chi connectivity index (χ0n) is 5.80. The third kappa shape index (κ3) is 0.926. The number of aliphatic hydroxyl groups is 2. The Morgan fingerprint density at radius 3 is 3.18 bits per heavy atom. The van der Waals surface area contributed by atoms with Crippen LogP contribution in [0.25, 0.3) is 0 Å². The minimum atomic E-state index is -0.867.